The highest BCUT2D eigenvalue weighted by molar-refractivity contribution is 5.78. The van der Waals surface area contributed by atoms with Crippen molar-refractivity contribution in [2.75, 3.05) is 32.8 Å². The number of hydrogen-bond acceptors (Lipinski definition) is 5. The maximum absolute atomic E-state index is 12.7. The van der Waals surface area contributed by atoms with Crippen molar-refractivity contribution in [3.05, 3.63) is 48.5 Å². The molecule has 0 N–H and O–H groups in total. The molecule has 7 heteroatoms. The van der Waals surface area contributed by atoms with Crippen LogP contribution >= 0.6 is 0 Å². The molecule has 134 valence electrons. The van der Waals surface area contributed by atoms with Crippen molar-refractivity contribution in [1.82, 2.24) is 24.6 Å². The molecule has 1 amide bonds. The Balaban J connectivity index is 1.52. The van der Waals surface area contributed by atoms with Gasteiger partial charge in [0.1, 0.15) is 12.7 Å². The van der Waals surface area contributed by atoms with Crippen molar-refractivity contribution in [3.63, 3.8) is 0 Å². The van der Waals surface area contributed by atoms with E-state index >= 15 is 0 Å². The standard InChI is InChI=1S/C18H25N5O2/c1-2-22(10-16-6-4-3-5-7-16)18(24)13-21-8-9-25-17(11-21)12-23-15-19-14-20-23/h3-7,14-15,17H,2,8-13H2,1H3/t17-/m1/s1. The number of rotatable bonds is 7. The summed E-state index contributed by atoms with van der Waals surface area (Å²) in [6.45, 7) is 6.62. The molecule has 1 aromatic carbocycles. The number of aromatic nitrogens is 3. The van der Waals surface area contributed by atoms with Crippen molar-refractivity contribution in [2.24, 2.45) is 0 Å². The maximum Gasteiger partial charge on any atom is 0.237 e. The Hall–Kier alpha value is -2.25. The van der Waals surface area contributed by atoms with Gasteiger partial charge in [0.25, 0.3) is 0 Å². The summed E-state index contributed by atoms with van der Waals surface area (Å²) >= 11 is 0. The summed E-state index contributed by atoms with van der Waals surface area (Å²) in [6, 6.07) is 10.1. The zero-order chi connectivity index (χ0) is 17.5. The lowest BCUT2D eigenvalue weighted by Crippen LogP contribution is -2.48. The molecule has 1 aromatic heterocycles. The van der Waals surface area contributed by atoms with Crippen LogP contribution in [0.1, 0.15) is 12.5 Å². The molecule has 3 rings (SSSR count). The van der Waals surface area contributed by atoms with Crippen LogP contribution in [0.2, 0.25) is 0 Å². The molecule has 1 aliphatic rings. The first-order valence-corrected chi connectivity index (χ1v) is 8.72. The Kier molecular flexibility index (Phi) is 6.14. The second-order valence-electron chi connectivity index (χ2n) is 6.24. The maximum atomic E-state index is 12.7. The minimum absolute atomic E-state index is 0.0347. The Morgan fingerprint density at radius 2 is 2.20 bits per heavy atom. The lowest BCUT2D eigenvalue weighted by molar-refractivity contribution is -0.135. The van der Waals surface area contributed by atoms with Gasteiger partial charge < -0.3 is 9.64 Å². The van der Waals surface area contributed by atoms with Gasteiger partial charge in [-0.05, 0) is 12.5 Å². The third kappa shape index (κ3) is 5.11. The second-order valence-corrected chi connectivity index (χ2v) is 6.24. The van der Waals surface area contributed by atoms with Gasteiger partial charge in [0.05, 0.1) is 25.8 Å². The summed E-state index contributed by atoms with van der Waals surface area (Å²) in [4.78, 5) is 20.7. The van der Waals surface area contributed by atoms with Gasteiger partial charge in [0.15, 0.2) is 0 Å². The van der Waals surface area contributed by atoms with Crippen LogP contribution in [0.25, 0.3) is 0 Å². The number of nitrogens with zero attached hydrogens (tertiary/aromatic N) is 5. The third-order valence-electron chi connectivity index (χ3n) is 4.39. The fourth-order valence-electron chi connectivity index (χ4n) is 3.04. The van der Waals surface area contributed by atoms with Crippen molar-refractivity contribution < 1.29 is 9.53 Å². The van der Waals surface area contributed by atoms with Gasteiger partial charge in [0, 0.05) is 26.2 Å². The Labute approximate surface area is 148 Å². The molecule has 25 heavy (non-hydrogen) atoms. The van der Waals surface area contributed by atoms with E-state index in [1.165, 1.54) is 6.33 Å². The van der Waals surface area contributed by atoms with E-state index in [0.717, 1.165) is 18.7 Å². The van der Waals surface area contributed by atoms with Crippen molar-refractivity contribution in [3.8, 4) is 0 Å². The number of morpholine rings is 1. The lowest BCUT2D eigenvalue weighted by atomic mass is 10.2. The van der Waals surface area contributed by atoms with E-state index in [0.29, 0.717) is 32.8 Å². The average molecular weight is 343 g/mol. The molecule has 7 nitrogen and oxygen atoms in total. The van der Waals surface area contributed by atoms with Gasteiger partial charge in [-0.2, -0.15) is 5.10 Å². The summed E-state index contributed by atoms with van der Waals surface area (Å²) in [6.07, 6.45) is 3.24. The van der Waals surface area contributed by atoms with Crippen LogP contribution in [0, 0.1) is 0 Å². The van der Waals surface area contributed by atoms with Gasteiger partial charge in [0.2, 0.25) is 5.91 Å². The summed E-state index contributed by atoms with van der Waals surface area (Å²) in [5.74, 6) is 0.160. The molecule has 2 heterocycles. The second kappa shape index (κ2) is 8.73. The molecule has 1 aliphatic heterocycles. The Morgan fingerprint density at radius 1 is 1.36 bits per heavy atom. The minimum Gasteiger partial charge on any atom is -0.374 e. The predicted octanol–water partition coefficient (Wildman–Crippen LogP) is 1.03. The average Bonchev–Trinajstić information content (AvgIpc) is 3.14. The molecule has 0 saturated carbocycles. The monoisotopic (exact) mass is 343 g/mol. The van der Waals surface area contributed by atoms with E-state index < -0.39 is 0 Å². The van der Waals surface area contributed by atoms with Crippen molar-refractivity contribution in [1.29, 1.82) is 0 Å². The van der Waals surface area contributed by atoms with E-state index in [2.05, 4.69) is 27.1 Å². The molecule has 1 saturated heterocycles. The van der Waals surface area contributed by atoms with Crippen LogP contribution < -0.4 is 0 Å². The zero-order valence-corrected chi connectivity index (χ0v) is 14.6. The highest BCUT2D eigenvalue weighted by Gasteiger charge is 2.24. The van der Waals surface area contributed by atoms with Crippen LogP contribution in [-0.4, -0.2) is 69.4 Å². The normalized spacial score (nSPS) is 18.2. The molecule has 0 unspecified atom stereocenters. The van der Waals surface area contributed by atoms with E-state index in [1.807, 2.05) is 30.0 Å². The van der Waals surface area contributed by atoms with Crippen LogP contribution in [0.3, 0.4) is 0 Å². The first-order valence-electron chi connectivity index (χ1n) is 8.72. The van der Waals surface area contributed by atoms with Crippen LogP contribution in [0.4, 0.5) is 0 Å². The minimum atomic E-state index is 0.0347. The van der Waals surface area contributed by atoms with Gasteiger partial charge in [-0.15, -0.1) is 0 Å². The van der Waals surface area contributed by atoms with E-state index in [4.69, 9.17) is 4.74 Å². The van der Waals surface area contributed by atoms with E-state index in [-0.39, 0.29) is 12.0 Å². The number of hydrogen-bond donors (Lipinski definition) is 0. The van der Waals surface area contributed by atoms with Crippen LogP contribution in [-0.2, 0) is 22.6 Å². The first-order chi connectivity index (χ1) is 12.2. The summed E-state index contributed by atoms with van der Waals surface area (Å²) < 4.78 is 7.56. The molecule has 0 radical (unpaired) electrons. The molecular weight excluding hydrogens is 318 g/mol. The zero-order valence-electron chi connectivity index (χ0n) is 14.6. The Morgan fingerprint density at radius 3 is 2.92 bits per heavy atom. The fourth-order valence-corrected chi connectivity index (χ4v) is 3.04. The van der Waals surface area contributed by atoms with Gasteiger partial charge in [-0.25, -0.2) is 4.98 Å². The number of likely N-dealkylation sites (N-methyl/N-ethyl adjacent to an activating group) is 1. The smallest absolute Gasteiger partial charge is 0.237 e. The number of carbonyl (C=O) groups is 1. The van der Waals surface area contributed by atoms with E-state index in [9.17, 15) is 4.79 Å². The van der Waals surface area contributed by atoms with Crippen molar-refractivity contribution >= 4 is 5.91 Å². The van der Waals surface area contributed by atoms with Gasteiger partial charge in [-0.1, -0.05) is 30.3 Å². The highest BCUT2D eigenvalue weighted by atomic mass is 16.5. The molecule has 1 fully saturated rings. The molecule has 0 bridgehead atoms. The summed E-state index contributed by atoms with van der Waals surface area (Å²) in [5.41, 5.74) is 1.16. The summed E-state index contributed by atoms with van der Waals surface area (Å²) in [5, 5.41) is 4.12. The fraction of sp³-hybridized carbons (Fsp3) is 0.500. The quantitative estimate of drug-likeness (QED) is 0.751. The first kappa shape index (κ1) is 17.6. The lowest BCUT2D eigenvalue weighted by Gasteiger charge is -2.33. The largest absolute Gasteiger partial charge is 0.374 e. The molecular formula is C18H25N5O2. The van der Waals surface area contributed by atoms with Crippen LogP contribution in [0.5, 0.6) is 0 Å². The third-order valence-corrected chi connectivity index (χ3v) is 4.39. The van der Waals surface area contributed by atoms with Crippen molar-refractivity contribution in [2.45, 2.75) is 26.1 Å². The predicted molar refractivity (Wildman–Crippen MR) is 93.7 cm³/mol. The summed E-state index contributed by atoms with van der Waals surface area (Å²) in [7, 11) is 0. The molecule has 0 spiro atoms. The number of ether oxygens (including phenoxy) is 1. The number of amides is 1. The SMILES string of the molecule is CCN(Cc1ccccc1)C(=O)CN1CCO[C@@H](Cn2cncn2)C1. The van der Waals surface area contributed by atoms with Gasteiger partial charge >= 0.3 is 0 Å². The topological polar surface area (TPSA) is 63.5 Å². The molecule has 2 aromatic rings. The molecule has 0 aliphatic carbocycles. The number of benzene rings is 1. The molecule has 1 atom stereocenters. The highest BCUT2D eigenvalue weighted by Crippen LogP contribution is 2.09. The number of carbonyl (C=O) groups excluding carboxylic acids is 1. The van der Waals surface area contributed by atoms with Crippen LogP contribution in [0.15, 0.2) is 43.0 Å². The Bertz CT molecular complexity index is 647. The van der Waals surface area contributed by atoms with Gasteiger partial charge in [-0.3, -0.25) is 14.4 Å². The van der Waals surface area contributed by atoms with E-state index in [1.54, 1.807) is 11.0 Å².